The average molecular weight is 590 g/mol. The Hall–Kier alpha value is -2.30. The number of allylic oxidation sites excluding steroid dienone is 1. The smallest absolute Gasteiger partial charge is 0.258 e. The third-order valence-corrected chi connectivity index (χ3v) is 8.98. The zero-order chi connectivity index (χ0) is 27.3. The molecule has 1 heterocycles. The van der Waals surface area contributed by atoms with Gasteiger partial charge in [0.15, 0.2) is 12.4 Å². The lowest BCUT2D eigenvalue weighted by Crippen LogP contribution is -2.47. The highest BCUT2D eigenvalue weighted by atomic mass is 35.5. The predicted octanol–water partition coefficient (Wildman–Crippen LogP) is 5.15. The standard InChI is InChI=1S/C25H27Cl3N2O6S/c1-4-15(2)25(32)18-6-8-20(24(28)23(18)27)36-14-22(31)29-17-9-11-30(12-10-17)37(33,34)21-13-16(26)5-7-19(21)35-3/h5-8,13,17H,2,4,9-12,14H2,1,3H3,(H,29,31). The average Bonchev–Trinajstić information content (AvgIpc) is 2.89. The van der Waals surface area contributed by atoms with Crippen LogP contribution in [0.4, 0.5) is 0 Å². The summed E-state index contributed by atoms with van der Waals surface area (Å²) in [4.78, 5) is 24.8. The minimum atomic E-state index is -3.82. The first-order valence-corrected chi connectivity index (χ1v) is 14.0. The number of nitrogens with one attached hydrogen (secondary N) is 1. The van der Waals surface area contributed by atoms with Gasteiger partial charge in [0, 0.05) is 29.7 Å². The zero-order valence-electron chi connectivity index (χ0n) is 20.4. The summed E-state index contributed by atoms with van der Waals surface area (Å²) in [6.45, 7) is 5.62. The van der Waals surface area contributed by atoms with Crippen molar-refractivity contribution in [3.05, 3.63) is 63.1 Å². The first-order valence-electron chi connectivity index (χ1n) is 11.5. The van der Waals surface area contributed by atoms with Crippen LogP contribution >= 0.6 is 34.8 Å². The minimum absolute atomic E-state index is 0.000604. The molecule has 0 aliphatic carbocycles. The maximum atomic E-state index is 13.1. The molecule has 12 heteroatoms. The Balaban J connectivity index is 1.56. The fraction of sp³-hybridized carbons (Fsp3) is 0.360. The van der Waals surface area contributed by atoms with Crippen molar-refractivity contribution in [3.63, 3.8) is 0 Å². The second-order valence-corrected chi connectivity index (χ2v) is 11.5. The molecule has 1 saturated heterocycles. The third-order valence-electron chi connectivity index (χ3n) is 5.96. The van der Waals surface area contributed by atoms with E-state index in [2.05, 4.69) is 11.9 Å². The lowest BCUT2D eigenvalue weighted by atomic mass is 10.0. The fourth-order valence-corrected chi connectivity index (χ4v) is 6.16. The molecule has 0 aromatic heterocycles. The van der Waals surface area contributed by atoms with Gasteiger partial charge in [0.05, 0.1) is 12.1 Å². The van der Waals surface area contributed by atoms with Gasteiger partial charge in [-0.15, -0.1) is 0 Å². The Bertz CT molecular complexity index is 1310. The van der Waals surface area contributed by atoms with E-state index in [0.717, 1.165) is 0 Å². The van der Waals surface area contributed by atoms with Crippen molar-refractivity contribution in [1.29, 1.82) is 0 Å². The van der Waals surface area contributed by atoms with Crippen LogP contribution in [0, 0.1) is 0 Å². The quantitative estimate of drug-likeness (QED) is 0.304. The summed E-state index contributed by atoms with van der Waals surface area (Å²) in [6.07, 6.45) is 1.31. The summed E-state index contributed by atoms with van der Waals surface area (Å²) >= 11 is 18.5. The van der Waals surface area contributed by atoms with Gasteiger partial charge in [-0.1, -0.05) is 48.3 Å². The molecule has 3 rings (SSSR count). The molecular formula is C25H27Cl3N2O6S. The molecule has 0 atom stereocenters. The molecular weight excluding hydrogens is 563 g/mol. The van der Waals surface area contributed by atoms with Gasteiger partial charge in [0.2, 0.25) is 10.0 Å². The largest absolute Gasteiger partial charge is 0.495 e. The van der Waals surface area contributed by atoms with Crippen LogP contribution in [-0.4, -0.2) is 57.3 Å². The molecule has 1 N–H and O–H groups in total. The highest BCUT2D eigenvalue weighted by Crippen LogP contribution is 2.36. The van der Waals surface area contributed by atoms with Crippen LogP contribution in [-0.2, 0) is 14.8 Å². The Labute approximate surface area is 231 Å². The van der Waals surface area contributed by atoms with Crippen LogP contribution in [0.2, 0.25) is 15.1 Å². The van der Waals surface area contributed by atoms with Crippen molar-refractivity contribution < 1.29 is 27.5 Å². The molecule has 0 radical (unpaired) electrons. The molecule has 1 amide bonds. The number of methoxy groups -OCH3 is 1. The molecule has 2 aromatic rings. The number of amides is 1. The van der Waals surface area contributed by atoms with Gasteiger partial charge in [-0.2, -0.15) is 4.31 Å². The summed E-state index contributed by atoms with van der Waals surface area (Å²) < 4.78 is 38.3. The number of ketones is 1. The second-order valence-electron chi connectivity index (χ2n) is 8.36. The summed E-state index contributed by atoms with van der Waals surface area (Å²) in [7, 11) is -2.43. The number of hydrogen-bond acceptors (Lipinski definition) is 6. The molecule has 1 fully saturated rings. The number of piperidine rings is 1. The van der Waals surface area contributed by atoms with Crippen molar-refractivity contribution >= 4 is 56.5 Å². The number of Topliss-reactive ketones (excluding diaryl/α,β-unsaturated/α-hetero) is 1. The number of carbonyl (C=O) groups is 2. The maximum Gasteiger partial charge on any atom is 0.258 e. The van der Waals surface area contributed by atoms with E-state index in [0.29, 0.717) is 24.8 Å². The molecule has 1 aliphatic heterocycles. The van der Waals surface area contributed by atoms with E-state index in [1.807, 2.05) is 6.92 Å². The van der Waals surface area contributed by atoms with Crippen LogP contribution in [0.1, 0.15) is 36.5 Å². The summed E-state index contributed by atoms with van der Waals surface area (Å²) in [6, 6.07) is 7.15. The van der Waals surface area contributed by atoms with Gasteiger partial charge >= 0.3 is 0 Å². The van der Waals surface area contributed by atoms with Gasteiger partial charge in [0.1, 0.15) is 21.4 Å². The monoisotopic (exact) mass is 588 g/mol. The second kappa shape index (κ2) is 12.5. The number of nitrogens with zero attached hydrogens (tertiary/aromatic N) is 1. The third kappa shape index (κ3) is 6.78. The Morgan fingerprint density at radius 1 is 1.08 bits per heavy atom. The molecule has 1 aliphatic rings. The van der Waals surface area contributed by atoms with E-state index in [9.17, 15) is 18.0 Å². The summed E-state index contributed by atoms with van der Waals surface area (Å²) in [5, 5.41) is 3.19. The maximum absolute atomic E-state index is 13.1. The predicted molar refractivity (Wildman–Crippen MR) is 144 cm³/mol. The van der Waals surface area contributed by atoms with Gasteiger partial charge in [-0.3, -0.25) is 9.59 Å². The van der Waals surface area contributed by atoms with E-state index in [-0.39, 0.29) is 68.5 Å². The van der Waals surface area contributed by atoms with Crippen molar-refractivity contribution in [2.45, 2.75) is 37.1 Å². The molecule has 2 aromatic carbocycles. The van der Waals surface area contributed by atoms with Gasteiger partial charge in [-0.25, -0.2) is 8.42 Å². The molecule has 0 spiro atoms. The van der Waals surface area contributed by atoms with Crippen molar-refractivity contribution in [2.24, 2.45) is 0 Å². The summed E-state index contributed by atoms with van der Waals surface area (Å²) in [5.74, 6) is -0.328. The molecule has 37 heavy (non-hydrogen) atoms. The zero-order valence-corrected chi connectivity index (χ0v) is 23.4. The summed E-state index contributed by atoms with van der Waals surface area (Å²) in [5.41, 5.74) is 0.615. The number of carbonyl (C=O) groups excluding carboxylic acids is 2. The van der Waals surface area contributed by atoms with E-state index in [4.69, 9.17) is 44.3 Å². The lowest BCUT2D eigenvalue weighted by Gasteiger charge is -2.32. The topological polar surface area (TPSA) is 102 Å². The number of halogens is 3. The Morgan fingerprint density at radius 3 is 2.35 bits per heavy atom. The normalized spacial score (nSPS) is 14.7. The number of benzene rings is 2. The van der Waals surface area contributed by atoms with E-state index < -0.39 is 15.9 Å². The fourth-order valence-electron chi connectivity index (χ4n) is 3.81. The highest BCUT2D eigenvalue weighted by Gasteiger charge is 2.32. The van der Waals surface area contributed by atoms with Crippen molar-refractivity contribution in [2.75, 3.05) is 26.8 Å². The minimum Gasteiger partial charge on any atom is -0.495 e. The number of sulfonamides is 1. The van der Waals surface area contributed by atoms with Crippen molar-refractivity contribution in [3.8, 4) is 11.5 Å². The Morgan fingerprint density at radius 2 is 1.73 bits per heavy atom. The number of ether oxygens (including phenoxy) is 2. The highest BCUT2D eigenvalue weighted by molar-refractivity contribution is 7.89. The Kier molecular flexibility index (Phi) is 9.88. The number of hydrogen-bond donors (Lipinski definition) is 1. The molecule has 0 unspecified atom stereocenters. The van der Waals surface area contributed by atoms with Crippen LogP contribution in [0.15, 0.2) is 47.4 Å². The SMILES string of the molecule is C=C(CC)C(=O)c1ccc(OCC(=O)NC2CCN(S(=O)(=O)c3cc(Cl)ccc3OC)CC2)c(Cl)c1Cl. The van der Waals surface area contributed by atoms with Crippen LogP contribution < -0.4 is 14.8 Å². The molecule has 8 nitrogen and oxygen atoms in total. The molecule has 0 saturated carbocycles. The number of rotatable bonds is 10. The van der Waals surface area contributed by atoms with Gasteiger partial charge in [0.25, 0.3) is 5.91 Å². The van der Waals surface area contributed by atoms with E-state index in [1.54, 1.807) is 6.07 Å². The van der Waals surface area contributed by atoms with E-state index in [1.165, 1.54) is 35.7 Å². The first kappa shape index (κ1) is 29.3. The first-order chi connectivity index (χ1) is 17.5. The van der Waals surface area contributed by atoms with Crippen molar-refractivity contribution in [1.82, 2.24) is 9.62 Å². The van der Waals surface area contributed by atoms with Crippen LogP contribution in [0.25, 0.3) is 0 Å². The van der Waals surface area contributed by atoms with Gasteiger partial charge < -0.3 is 14.8 Å². The molecule has 200 valence electrons. The lowest BCUT2D eigenvalue weighted by molar-refractivity contribution is -0.124. The van der Waals surface area contributed by atoms with Crippen LogP contribution in [0.5, 0.6) is 11.5 Å². The van der Waals surface area contributed by atoms with E-state index >= 15 is 0 Å². The molecule has 0 bridgehead atoms. The van der Waals surface area contributed by atoms with Gasteiger partial charge in [-0.05, 0) is 55.2 Å². The van der Waals surface area contributed by atoms with Crippen LogP contribution in [0.3, 0.4) is 0 Å².